The molecule has 6 heteroatoms. The van der Waals surface area contributed by atoms with Crippen LogP contribution in [-0.2, 0) is 0 Å². The first-order valence-corrected chi connectivity index (χ1v) is 7.72. The van der Waals surface area contributed by atoms with Gasteiger partial charge in [-0.2, -0.15) is 0 Å². The SMILES string of the molecule is CN(C(=O)c1ccc(NC(N)=O)cc1)C1CC2CCC(C1)N2. The van der Waals surface area contributed by atoms with Gasteiger partial charge in [0.25, 0.3) is 5.91 Å². The summed E-state index contributed by atoms with van der Waals surface area (Å²) in [4.78, 5) is 25.3. The van der Waals surface area contributed by atoms with Crippen LogP contribution in [0.1, 0.15) is 36.0 Å². The summed E-state index contributed by atoms with van der Waals surface area (Å²) in [5.74, 6) is 0.0249. The highest BCUT2D eigenvalue weighted by Crippen LogP contribution is 2.29. The number of benzene rings is 1. The van der Waals surface area contributed by atoms with E-state index in [1.165, 1.54) is 12.8 Å². The van der Waals surface area contributed by atoms with Gasteiger partial charge < -0.3 is 21.3 Å². The molecule has 1 aromatic carbocycles. The number of hydrogen-bond donors (Lipinski definition) is 3. The monoisotopic (exact) mass is 302 g/mol. The van der Waals surface area contributed by atoms with Crippen molar-refractivity contribution in [2.45, 2.75) is 43.8 Å². The van der Waals surface area contributed by atoms with Gasteiger partial charge in [-0.3, -0.25) is 4.79 Å². The smallest absolute Gasteiger partial charge is 0.316 e. The third-order valence-electron chi connectivity index (χ3n) is 4.72. The largest absolute Gasteiger partial charge is 0.351 e. The van der Waals surface area contributed by atoms with Gasteiger partial charge in [0.05, 0.1) is 0 Å². The fourth-order valence-electron chi connectivity index (χ4n) is 3.55. The maximum Gasteiger partial charge on any atom is 0.316 e. The molecular formula is C16H22N4O2. The molecule has 2 bridgehead atoms. The fraction of sp³-hybridized carbons (Fsp3) is 0.500. The van der Waals surface area contributed by atoms with Crippen LogP contribution in [0.4, 0.5) is 10.5 Å². The number of anilines is 1. The van der Waals surface area contributed by atoms with Crippen LogP contribution in [0, 0.1) is 0 Å². The molecule has 2 atom stereocenters. The molecular weight excluding hydrogens is 280 g/mol. The van der Waals surface area contributed by atoms with E-state index < -0.39 is 6.03 Å². The minimum absolute atomic E-state index is 0.0249. The van der Waals surface area contributed by atoms with Gasteiger partial charge >= 0.3 is 6.03 Å². The number of nitrogens with one attached hydrogen (secondary N) is 2. The van der Waals surface area contributed by atoms with Crippen LogP contribution < -0.4 is 16.4 Å². The second kappa shape index (κ2) is 5.96. The lowest BCUT2D eigenvalue weighted by molar-refractivity contribution is 0.0681. The lowest BCUT2D eigenvalue weighted by Crippen LogP contribution is -2.48. The van der Waals surface area contributed by atoms with E-state index in [-0.39, 0.29) is 5.91 Å². The van der Waals surface area contributed by atoms with Crippen LogP contribution in [-0.4, -0.2) is 42.0 Å². The van der Waals surface area contributed by atoms with E-state index in [1.807, 2.05) is 11.9 Å². The van der Waals surface area contributed by atoms with E-state index in [9.17, 15) is 9.59 Å². The molecule has 0 aromatic heterocycles. The van der Waals surface area contributed by atoms with Gasteiger partial charge in [0.1, 0.15) is 0 Å². The quantitative estimate of drug-likeness (QED) is 0.791. The number of carbonyl (C=O) groups is 2. The van der Waals surface area contributed by atoms with E-state index in [2.05, 4.69) is 10.6 Å². The van der Waals surface area contributed by atoms with Crippen molar-refractivity contribution in [1.29, 1.82) is 0 Å². The molecule has 6 nitrogen and oxygen atoms in total. The second-order valence-electron chi connectivity index (χ2n) is 6.25. The summed E-state index contributed by atoms with van der Waals surface area (Å²) in [5, 5.41) is 6.08. The molecule has 22 heavy (non-hydrogen) atoms. The lowest BCUT2D eigenvalue weighted by atomic mass is 9.98. The lowest BCUT2D eigenvalue weighted by Gasteiger charge is -2.35. The van der Waals surface area contributed by atoms with E-state index in [4.69, 9.17) is 5.73 Å². The molecule has 118 valence electrons. The number of hydrogen-bond acceptors (Lipinski definition) is 3. The van der Waals surface area contributed by atoms with E-state index in [0.29, 0.717) is 29.4 Å². The third kappa shape index (κ3) is 3.06. The van der Waals surface area contributed by atoms with Crippen LogP contribution in [0.2, 0.25) is 0 Å². The Labute approximate surface area is 130 Å². The summed E-state index contributed by atoms with van der Waals surface area (Å²) in [7, 11) is 1.88. The third-order valence-corrected chi connectivity index (χ3v) is 4.72. The molecule has 1 aromatic rings. The van der Waals surface area contributed by atoms with E-state index >= 15 is 0 Å². The average Bonchev–Trinajstić information content (AvgIpc) is 2.84. The van der Waals surface area contributed by atoms with Gasteiger partial charge in [0.15, 0.2) is 0 Å². The van der Waals surface area contributed by atoms with Crippen molar-refractivity contribution < 1.29 is 9.59 Å². The predicted octanol–water partition coefficient (Wildman–Crippen LogP) is 1.53. The van der Waals surface area contributed by atoms with Crippen molar-refractivity contribution >= 4 is 17.6 Å². The van der Waals surface area contributed by atoms with Crippen molar-refractivity contribution in [2.24, 2.45) is 5.73 Å². The van der Waals surface area contributed by atoms with Gasteiger partial charge in [0.2, 0.25) is 0 Å². The summed E-state index contributed by atoms with van der Waals surface area (Å²) < 4.78 is 0. The molecule has 0 radical (unpaired) electrons. The van der Waals surface area contributed by atoms with E-state index in [1.54, 1.807) is 24.3 Å². The zero-order valence-electron chi connectivity index (χ0n) is 12.7. The van der Waals surface area contributed by atoms with Gasteiger partial charge in [-0.05, 0) is 49.9 Å². The molecule has 3 amide bonds. The van der Waals surface area contributed by atoms with Crippen molar-refractivity contribution in [3.63, 3.8) is 0 Å². The molecule has 2 heterocycles. The standard InChI is InChI=1S/C16H22N4O2/c1-20(14-8-12-6-7-13(9-14)18-12)15(21)10-2-4-11(5-3-10)19-16(17)22/h2-5,12-14,18H,6-9H2,1H3,(H3,17,19,22). The summed E-state index contributed by atoms with van der Waals surface area (Å²) in [6, 6.07) is 7.63. The molecule has 2 aliphatic rings. The van der Waals surface area contributed by atoms with Crippen LogP contribution >= 0.6 is 0 Å². The van der Waals surface area contributed by atoms with Gasteiger partial charge in [0, 0.05) is 36.4 Å². The second-order valence-corrected chi connectivity index (χ2v) is 6.25. The number of carbonyl (C=O) groups excluding carboxylic acids is 2. The summed E-state index contributed by atoms with van der Waals surface area (Å²) in [6.07, 6.45) is 4.49. The number of fused-ring (bicyclic) bond motifs is 2. The number of piperidine rings is 1. The first kappa shape index (κ1) is 14.8. The Bertz CT molecular complexity index is 560. The number of amides is 3. The normalized spacial score (nSPS) is 26.5. The van der Waals surface area contributed by atoms with Crippen molar-refractivity contribution in [3.05, 3.63) is 29.8 Å². The van der Waals surface area contributed by atoms with Crippen molar-refractivity contribution in [3.8, 4) is 0 Å². The Morgan fingerprint density at radius 1 is 1.18 bits per heavy atom. The number of primary amides is 1. The Hall–Kier alpha value is -2.08. The molecule has 0 spiro atoms. The number of rotatable bonds is 3. The van der Waals surface area contributed by atoms with E-state index in [0.717, 1.165) is 12.8 Å². The summed E-state index contributed by atoms with van der Waals surface area (Å²) >= 11 is 0. The van der Waals surface area contributed by atoms with Crippen molar-refractivity contribution in [1.82, 2.24) is 10.2 Å². The molecule has 0 saturated carbocycles. The first-order valence-electron chi connectivity index (χ1n) is 7.72. The Morgan fingerprint density at radius 2 is 1.77 bits per heavy atom. The number of nitrogens with zero attached hydrogens (tertiary/aromatic N) is 1. The average molecular weight is 302 g/mol. The maximum atomic E-state index is 12.6. The van der Waals surface area contributed by atoms with Crippen LogP contribution in [0.5, 0.6) is 0 Å². The summed E-state index contributed by atoms with van der Waals surface area (Å²) in [5.41, 5.74) is 6.29. The number of nitrogens with two attached hydrogens (primary N) is 1. The van der Waals surface area contributed by atoms with Crippen LogP contribution in [0.25, 0.3) is 0 Å². The minimum atomic E-state index is -0.610. The fourth-order valence-corrected chi connectivity index (χ4v) is 3.55. The Morgan fingerprint density at radius 3 is 2.32 bits per heavy atom. The Balaban J connectivity index is 1.66. The van der Waals surface area contributed by atoms with Gasteiger partial charge in [-0.1, -0.05) is 0 Å². The summed E-state index contributed by atoms with van der Waals surface area (Å²) in [6.45, 7) is 0. The molecule has 2 unspecified atom stereocenters. The highest BCUT2D eigenvalue weighted by atomic mass is 16.2. The first-order chi connectivity index (χ1) is 10.5. The highest BCUT2D eigenvalue weighted by molar-refractivity contribution is 5.95. The highest BCUT2D eigenvalue weighted by Gasteiger charge is 2.36. The number of urea groups is 1. The predicted molar refractivity (Wildman–Crippen MR) is 84.7 cm³/mol. The zero-order valence-corrected chi connectivity index (χ0v) is 12.7. The molecule has 2 fully saturated rings. The van der Waals surface area contributed by atoms with Gasteiger partial charge in [-0.25, -0.2) is 4.79 Å². The molecule has 2 aliphatic heterocycles. The van der Waals surface area contributed by atoms with Crippen LogP contribution in [0.15, 0.2) is 24.3 Å². The van der Waals surface area contributed by atoms with Crippen LogP contribution in [0.3, 0.4) is 0 Å². The molecule has 0 aliphatic carbocycles. The van der Waals surface area contributed by atoms with Crippen molar-refractivity contribution in [2.75, 3.05) is 12.4 Å². The topological polar surface area (TPSA) is 87.5 Å². The molecule has 4 N–H and O–H groups in total. The Kier molecular flexibility index (Phi) is 4.02. The van der Waals surface area contributed by atoms with Gasteiger partial charge in [-0.15, -0.1) is 0 Å². The molecule has 2 saturated heterocycles. The molecule has 3 rings (SSSR count). The minimum Gasteiger partial charge on any atom is -0.351 e. The maximum absolute atomic E-state index is 12.6. The zero-order chi connectivity index (χ0) is 15.7.